The van der Waals surface area contributed by atoms with Crippen LogP contribution in [0.3, 0.4) is 0 Å². The molecule has 2 aromatic rings. The molecule has 23 heavy (non-hydrogen) atoms. The van der Waals surface area contributed by atoms with E-state index in [2.05, 4.69) is 49.3 Å². The van der Waals surface area contributed by atoms with Crippen LogP contribution in [-0.2, 0) is 13.0 Å². The molecule has 2 aliphatic rings. The molecule has 1 fully saturated rings. The number of benzene rings is 1. The molecule has 1 aromatic carbocycles. The normalized spacial score (nSPS) is 18.0. The molecule has 1 aliphatic carbocycles. The van der Waals surface area contributed by atoms with Crippen LogP contribution in [0.5, 0.6) is 0 Å². The summed E-state index contributed by atoms with van der Waals surface area (Å²) < 4.78 is 1.16. The van der Waals surface area contributed by atoms with Gasteiger partial charge in [0.2, 0.25) is 5.95 Å². The minimum atomic E-state index is 0.546. The van der Waals surface area contributed by atoms with Gasteiger partial charge in [-0.2, -0.15) is 4.98 Å². The summed E-state index contributed by atoms with van der Waals surface area (Å²) in [4.78, 5) is 11.5. The van der Waals surface area contributed by atoms with Crippen molar-refractivity contribution in [1.29, 1.82) is 0 Å². The lowest BCUT2D eigenvalue weighted by Gasteiger charge is -2.30. The molecule has 2 heterocycles. The van der Waals surface area contributed by atoms with Crippen molar-refractivity contribution in [3.8, 4) is 0 Å². The number of rotatable bonds is 3. The van der Waals surface area contributed by atoms with E-state index < -0.39 is 0 Å². The maximum Gasteiger partial charge on any atom is 0.224 e. The Labute approximate surface area is 145 Å². The zero-order valence-corrected chi connectivity index (χ0v) is 14.7. The predicted octanol–water partition coefficient (Wildman–Crippen LogP) is 4.16. The molecule has 4 nitrogen and oxygen atoms in total. The molecule has 0 radical (unpaired) electrons. The second-order valence-electron chi connectivity index (χ2n) is 6.45. The minimum Gasteiger partial charge on any atom is -0.352 e. The van der Waals surface area contributed by atoms with Gasteiger partial charge in [-0.05, 0) is 48.6 Å². The minimum absolute atomic E-state index is 0.546. The third kappa shape index (κ3) is 3.34. The molecule has 0 unspecified atom stereocenters. The molecule has 120 valence electrons. The summed E-state index contributed by atoms with van der Waals surface area (Å²) in [6, 6.07) is 9.13. The van der Waals surface area contributed by atoms with Gasteiger partial charge in [0, 0.05) is 29.8 Å². The number of hydrogen-bond acceptors (Lipinski definition) is 4. The molecule has 0 spiro atoms. The van der Waals surface area contributed by atoms with Crippen molar-refractivity contribution in [3.05, 3.63) is 46.1 Å². The lowest BCUT2D eigenvalue weighted by Crippen LogP contribution is -2.31. The standard InChI is InChI=1S/C18H21BrN4/c19-15-6-5-14-12-23(10-8-13(14)11-15)17-7-9-20-18(22-17)21-16-3-1-2-4-16/h5-7,9,11,16H,1-4,8,10,12H2,(H,20,21,22). The van der Waals surface area contributed by atoms with Crippen LogP contribution in [0.1, 0.15) is 36.8 Å². The summed E-state index contributed by atoms with van der Waals surface area (Å²) in [5, 5.41) is 3.49. The Balaban J connectivity index is 1.51. The lowest BCUT2D eigenvalue weighted by atomic mass is 10.00. The SMILES string of the molecule is Brc1ccc2c(c1)CCN(c1ccnc(NC3CCCC3)n1)C2. The Morgan fingerprint density at radius 1 is 1.13 bits per heavy atom. The fourth-order valence-electron chi connectivity index (χ4n) is 3.56. The number of hydrogen-bond donors (Lipinski definition) is 1. The van der Waals surface area contributed by atoms with E-state index in [1.54, 1.807) is 0 Å². The van der Waals surface area contributed by atoms with Crippen molar-refractivity contribution in [1.82, 2.24) is 9.97 Å². The van der Waals surface area contributed by atoms with Crippen molar-refractivity contribution in [3.63, 3.8) is 0 Å². The number of nitrogens with zero attached hydrogens (tertiary/aromatic N) is 3. The monoisotopic (exact) mass is 372 g/mol. The van der Waals surface area contributed by atoms with Crippen LogP contribution in [-0.4, -0.2) is 22.6 Å². The molecular formula is C18H21BrN4. The molecular weight excluding hydrogens is 352 g/mol. The molecule has 1 aliphatic heterocycles. The number of nitrogens with one attached hydrogen (secondary N) is 1. The van der Waals surface area contributed by atoms with Gasteiger partial charge in [0.25, 0.3) is 0 Å². The van der Waals surface area contributed by atoms with Gasteiger partial charge in [-0.1, -0.05) is 34.8 Å². The molecule has 1 N–H and O–H groups in total. The van der Waals surface area contributed by atoms with Gasteiger partial charge in [-0.25, -0.2) is 4.98 Å². The number of anilines is 2. The first-order chi connectivity index (χ1) is 11.3. The van der Waals surface area contributed by atoms with Crippen molar-refractivity contribution >= 4 is 27.7 Å². The highest BCUT2D eigenvalue weighted by Gasteiger charge is 2.19. The summed E-state index contributed by atoms with van der Waals surface area (Å²) in [7, 11) is 0. The first-order valence-electron chi connectivity index (χ1n) is 8.40. The quantitative estimate of drug-likeness (QED) is 0.878. The van der Waals surface area contributed by atoms with Crippen LogP contribution in [0.25, 0.3) is 0 Å². The summed E-state index contributed by atoms with van der Waals surface area (Å²) in [6.45, 7) is 1.92. The van der Waals surface area contributed by atoms with Gasteiger partial charge in [-0.15, -0.1) is 0 Å². The van der Waals surface area contributed by atoms with E-state index in [9.17, 15) is 0 Å². The molecule has 5 heteroatoms. The van der Waals surface area contributed by atoms with Crippen LogP contribution in [0.4, 0.5) is 11.8 Å². The van der Waals surface area contributed by atoms with Crippen LogP contribution in [0.2, 0.25) is 0 Å². The van der Waals surface area contributed by atoms with Crippen LogP contribution >= 0.6 is 15.9 Å². The van der Waals surface area contributed by atoms with Gasteiger partial charge >= 0.3 is 0 Å². The fraction of sp³-hybridized carbons (Fsp3) is 0.444. The van der Waals surface area contributed by atoms with E-state index in [1.165, 1.54) is 36.8 Å². The third-order valence-electron chi connectivity index (χ3n) is 4.83. The van der Waals surface area contributed by atoms with Crippen LogP contribution < -0.4 is 10.2 Å². The molecule has 0 amide bonds. The molecule has 0 atom stereocenters. The maximum atomic E-state index is 4.74. The Hall–Kier alpha value is -1.62. The van der Waals surface area contributed by atoms with Gasteiger partial charge in [0.1, 0.15) is 5.82 Å². The van der Waals surface area contributed by atoms with Gasteiger partial charge < -0.3 is 10.2 Å². The van der Waals surface area contributed by atoms with E-state index in [4.69, 9.17) is 4.98 Å². The summed E-state index contributed by atoms with van der Waals surface area (Å²) in [6.07, 6.45) is 8.03. The largest absolute Gasteiger partial charge is 0.352 e. The zero-order valence-electron chi connectivity index (χ0n) is 13.1. The van der Waals surface area contributed by atoms with Gasteiger partial charge in [-0.3, -0.25) is 0 Å². The molecule has 1 aromatic heterocycles. The Kier molecular flexibility index (Phi) is 4.21. The Morgan fingerprint density at radius 3 is 2.87 bits per heavy atom. The molecule has 4 rings (SSSR count). The Bertz CT molecular complexity index is 697. The topological polar surface area (TPSA) is 41.1 Å². The van der Waals surface area contributed by atoms with E-state index in [0.717, 1.165) is 35.7 Å². The van der Waals surface area contributed by atoms with Crippen molar-refractivity contribution in [2.24, 2.45) is 0 Å². The average molecular weight is 373 g/mol. The summed E-state index contributed by atoms with van der Waals surface area (Å²) in [5.74, 6) is 1.80. The summed E-state index contributed by atoms with van der Waals surface area (Å²) >= 11 is 3.56. The van der Waals surface area contributed by atoms with Gasteiger partial charge in [0.05, 0.1) is 0 Å². The highest BCUT2D eigenvalue weighted by Crippen LogP contribution is 2.26. The lowest BCUT2D eigenvalue weighted by molar-refractivity contribution is 0.713. The van der Waals surface area contributed by atoms with Crippen molar-refractivity contribution < 1.29 is 0 Å². The van der Waals surface area contributed by atoms with Crippen molar-refractivity contribution in [2.75, 3.05) is 16.8 Å². The smallest absolute Gasteiger partial charge is 0.224 e. The zero-order chi connectivity index (χ0) is 15.6. The van der Waals surface area contributed by atoms with Gasteiger partial charge in [0.15, 0.2) is 0 Å². The number of halogens is 1. The Morgan fingerprint density at radius 2 is 2.00 bits per heavy atom. The molecule has 1 saturated carbocycles. The number of aromatic nitrogens is 2. The predicted molar refractivity (Wildman–Crippen MR) is 96.8 cm³/mol. The van der Waals surface area contributed by atoms with E-state index >= 15 is 0 Å². The average Bonchev–Trinajstić information content (AvgIpc) is 3.07. The second-order valence-corrected chi connectivity index (χ2v) is 7.36. The molecule has 0 bridgehead atoms. The first kappa shape index (κ1) is 14.9. The first-order valence-corrected chi connectivity index (χ1v) is 9.19. The fourth-order valence-corrected chi connectivity index (χ4v) is 3.97. The highest BCUT2D eigenvalue weighted by molar-refractivity contribution is 9.10. The summed E-state index contributed by atoms with van der Waals surface area (Å²) in [5.41, 5.74) is 2.83. The highest BCUT2D eigenvalue weighted by atomic mass is 79.9. The van der Waals surface area contributed by atoms with Crippen LogP contribution in [0, 0.1) is 0 Å². The van der Waals surface area contributed by atoms with Crippen molar-refractivity contribution in [2.45, 2.75) is 44.7 Å². The van der Waals surface area contributed by atoms with Crippen LogP contribution in [0.15, 0.2) is 34.9 Å². The second kappa shape index (κ2) is 6.48. The molecule has 0 saturated heterocycles. The maximum absolute atomic E-state index is 4.74. The van der Waals surface area contributed by atoms with E-state index in [1.807, 2.05) is 12.3 Å². The van der Waals surface area contributed by atoms with E-state index in [-0.39, 0.29) is 0 Å². The van der Waals surface area contributed by atoms with E-state index in [0.29, 0.717) is 6.04 Å². The number of fused-ring (bicyclic) bond motifs is 1. The third-order valence-corrected chi connectivity index (χ3v) is 5.33.